The molecule has 13 nitrogen and oxygen atoms in total. The van der Waals surface area contributed by atoms with Gasteiger partial charge in [0.2, 0.25) is 27.7 Å². The average Bonchev–Trinajstić information content (AvgIpc) is 3.47. The largest absolute Gasteiger partial charge is 0.465 e. The Labute approximate surface area is 266 Å². The molecule has 0 radical (unpaired) electrons. The van der Waals surface area contributed by atoms with Crippen LogP contribution in [0.4, 0.5) is 0 Å². The highest BCUT2D eigenvalue weighted by molar-refractivity contribution is 7.88. The van der Waals surface area contributed by atoms with E-state index in [1.54, 1.807) is 25.7 Å². The van der Waals surface area contributed by atoms with Crippen molar-refractivity contribution >= 4 is 39.7 Å². The Morgan fingerprint density at radius 1 is 1.09 bits per heavy atom. The number of esters is 1. The molecule has 0 aliphatic carbocycles. The summed E-state index contributed by atoms with van der Waals surface area (Å²) in [6.07, 6.45) is 3.85. The van der Waals surface area contributed by atoms with E-state index in [0.717, 1.165) is 11.8 Å². The molecular formula is C31H48N6O7S. The van der Waals surface area contributed by atoms with Crippen LogP contribution in [0.25, 0.3) is 0 Å². The van der Waals surface area contributed by atoms with Crippen molar-refractivity contribution in [2.45, 2.75) is 77.8 Å². The van der Waals surface area contributed by atoms with E-state index in [1.165, 1.54) is 9.21 Å². The minimum Gasteiger partial charge on any atom is -0.465 e. The van der Waals surface area contributed by atoms with Crippen LogP contribution in [0.15, 0.2) is 30.3 Å². The lowest BCUT2D eigenvalue weighted by Crippen LogP contribution is -2.56. The highest BCUT2D eigenvalue weighted by Crippen LogP contribution is 2.26. The molecule has 2 atom stereocenters. The Kier molecular flexibility index (Phi) is 12.5. The van der Waals surface area contributed by atoms with Crippen molar-refractivity contribution in [1.29, 1.82) is 5.41 Å². The maximum absolute atomic E-state index is 13.9. The van der Waals surface area contributed by atoms with E-state index in [4.69, 9.17) is 15.9 Å². The van der Waals surface area contributed by atoms with E-state index < -0.39 is 39.3 Å². The SMILES string of the molecule is CC(C)(C)C(=O)OCCCC(=O)NC(=N)N1CCC(CN([C@H](Cc2ccccc2)C(=O)N2CCC[C@H]2C(N)=O)S(C)(=O)=O)CC1. The summed E-state index contributed by atoms with van der Waals surface area (Å²) in [5.41, 5.74) is 5.76. The number of carbonyl (C=O) groups excluding carboxylic acids is 4. The number of benzene rings is 1. The topological polar surface area (TPSA) is 183 Å². The summed E-state index contributed by atoms with van der Waals surface area (Å²) in [6, 6.07) is 7.38. The number of hydrogen-bond donors (Lipinski definition) is 3. The molecule has 0 spiro atoms. The maximum atomic E-state index is 13.9. The van der Waals surface area contributed by atoms with Gasteiger partial charge in [-0.3, -0.25) is 29.9 Å². The third-order valence-electron chi connectivity index (χ3n) is 8.22. The van der Waals surface area contributed by atoms with Crippen molar-refractivity contribution in [2.75, 3.05) is 39.0 Å². The van der Waals surface area contributed by atoms with Crippen LogP contribution >= 0.6 is 0 Å². The quantitative estimate of drug-likeness (QED) is 0.132. The molecule has 0 aromatic heterocycles. The van der Waals surface area contributed by atoms with Crippen molar-refractivity contribution in [2.24, 2.45) is 17.1 Å². The lowest BCUT2D eigenvalue weighted by molar-refractivity contribution is -0.153. The van der Waals surface area contributed by atoms with Crippen LogP contribution in [0.3, 0.4) is 0 Å². The number of nitrogens with one attached hydrogen (secondary N) is 2. The third-order valence-corrected chi connectivity index (χ3v) is 9.47. The monoisotopic (exact) mass is 648 g/mol. The molecule has 4 N–H and O–H groups in total. The van der Waals surface area contributed by atoms with Crippen LogP contribution in [0.1, 0.15) is 64.9 Å². The smallest absolute Gasteiger partial charge is 0.311 e. The number of sulfonamides is 1. The van der Waals surface area contributed by atoms with Crippen LogP contribution in [0, 0.1) is 16.7 Å². The number of primary amides is 1. The lowest BCUT2D eigenvalue weighted by Gasteiger charge is -2.38. The molecule has 2 fully saturated rings. The van der Waals surface area contributed by atoms with Gasteiger partial charge in [0, 0.05) is 32.6 Å². The first kappa shape index (κ1) is 36.0. The molecule has 2 heterocycles. The number of rotatable bonds is 12. The number of ether oxygens (including phenoxy) is 1. The zero-order valence-electron chi connectivity index (χ0n) is 26.8. The van der Waals surface area contributed by atoms with Gasteiger partial charge >= 0.3 is 5.97 Å². The van der Waals surface area contributed by atoms with Gasteiger partial charge in [-0.05, 0) is 70.8 Å². The fraction of sp³-hybridized carbons (Fsp3) is 0.645. The van der Waals surface area contributed by atoms with Gasteiger partial charge in [0.15, 0.2) is 5.96 Å². The van der Waals surface area contributed by atoms with Gasteiger partial charge in [-0.15, -0.1) is 0 Å². The average molecular weight is 649 g/mol. The molecule has 1 aromatic rings. The molecule has 0 unspecified atom stereocenters. The van der Waals surface area contributed by atoms with E-state index >= 15 is 0 Å². The maximum Gasteiger partial charge on any atom is 0.311 e. The number of nitrogens with two attached hydrogens (primary N) is 1. The first-order chi connectivity index (χ1) is 21.1. The Morgan fingerprint density at radius 2 is 1.73 bits per heavy atom. The first-order valence-corrected chi connectivity index (χ1v) is 17.3. The molecule has 0 saturated carbocycles. The predicted molar refractivity (Wildman–Crippen MR) is 169 cm³/mol. The molecular weight excluding hydrogens is 600 g/mol. The molecule has 45 heavy (non-hydrogen) atoms. The summed E-state index contributed by atoms with van der Waals surface area (Å²) in [4.78, 5) is 53.4. The second kappa shape index (κ2) is 15.7. The molecule has 14 heteroatoms. The van der Waals surface area contributed by atoms with Crippen molar-refractivity contribution in [3.8, 4) is 0 Å². The van der Waals surface area contributed by atoms with Crippen LogP contribution in [0.5, 0.6) is 0 Å². The number of piperidine rings is 1. The second-order valence-corrected chi connectivity index (χ2v) is 14.9. The normalized spacial score (nSPS) is 18.5. The molecule has 2 aliphatic heterocycles. The molecule has 250 valence electrons. The number of carbonyl (C=O) groups is 4. The van der Waals surface area contributed by atoms with E-state index in [9.17, 15) is 27.6 Å². The Balaban J connectivity index is 1.61. The Hall–Kier alpha value is -3.52. The summed E-state index contributed by atoms with van der Waals surface area (Å²) in [6.45, 7) is 6.68. The van der Waals surface area contributed by atoms with Crippen molar-refractivity contribution < 1.29 is 32.3 Å². The summed E-state index contributed by atoms with van der Waals surface area (Å²) < 4.78 is 32.9. The van der Waals surface area contributed by atoms with Crippen LogP contribution in [-0.2, 0) is 40.4 Å². The number of amides is 3. The molecule has 3 amide bonds. The van der Waals surface area contributed by atoms with Crippen molar-refractivity contribution in [3.05, 3.63) is 35.9 Å². The van der Waals surface area contributed by atoms with E-state index in [1.807, 2.05) is 30.3 Å². The zero-order valence-corrected chi connectivity index (χ0v) is 27.6. The minimum absolute atomic E-state index is 0.0336. The Morgan fingerprint density at radius 3 is 2.31 bits per heavy atom. The van der Waals surface area contributed by atoms with Crippen LogP contribution in [-0.4, -0.2) is 103 Å². The van der Waals surface area contributed by atoms with E-state index in [0.29, 0.717) is 51.7 Å². The molecule has 3 rings (SSSR count). The number of likely N-dealkylation sites (tertiary alicyclic amines) is 2. The zero-order chi connectivity index (χ0) is 33.4. The van der Waals surface area contributed by atoms with Gasteiger partial charge in [0.1, 0.15) is 12.1 Å². The van der Waals surface area contributed by atoms with Crippen LogP contribution in [0.2, 0.25) is 0 Å². The summed E-state index contributed by atoms with van der Waals surface area (Å²) >= 11 is 0. The lowest BCUT2D eigenvalue weighted by atomic mass is 9.95. The predicted octanol–water partition coefficient (Wildman–Crippen LogP) is 1.47. The van der Waals surface area contributed by atoms with Crippen molar-refractivity contribution in [3.63, 3.8) is 0 Å². The van der Waals surface area contributed by atoms with Crippen molar-refractivity contribution in [1.82, 2.24) is 19.4 Å². The number of guanidine groups is 1. The number of nitrogens with zero attached hydrogens (tertiary/aromatic N) is 3. The highest BCUT2D eigenvalue weighted by Gasteiger charge is 2.41. The van der Waals surface area contributed by atoms with E-state index in [2.05, 4.69) is 5.32 Å². The third kappa shape index (κ3) is 10.5. The van der Waals surface area contributed by atoms with Gasteiger partial charge in [-0.2, -0.15) is 4.31 Å². The Bertz CT molecular complexity index is 1320. The van der Waals surface area contributed by atoms with Gasteiger partial charge in [-0.1, -0.05) is 30.3 Å². The fourth-order valence-corrected chi connectivity index (χ4v) is 6.75. The standard InChI is InChI=1S/C31H48N6O7S/c1-31(2,3)29(41)44-19-9-13-26(38)34-30(33)35-17-14-23(15-18-35)21-37(45(4,42)43)25(20-22-10-6-5-7-11-22)28(40)36-16-8-12-24(36)27(32)39/h5-7,10-11,23-25H,8-9,12-21H2,1-4H3,(H2,32,39)(H2,33,34,38)/t24-,25+/m0/s1. The van der Waals surface area contributed by atoms with Gasteiger partial charge in [0.05, 0.1) is 18.3 Å². The fourth-order valence-electron chi connectivity index (χ4n) is 5.64. The van der Waals surface area contributed by atoms with Crippen LogP contribution < -0.4 is 11.1 Å². The second-order valence-electron chi connectivity index (χ2n) is 12.9. The first-order valence-electron chi connectivity index (χ1n) is 15.5. The molecule has 2 saturated heterocycles. The summed E-state index contributed by atoms with van der Waals surface area (Å²) in [7, 11) is -3.84. The molecule has 0 bridgehead atoms. The van der Waals surface area contributed by atoms with Gasteiger partial charge < -0.3 is 20.3 Å². The summed E-state index contributed by atoms with van der Waals surface area (Å²) in [5.74, 6) is -1.84. The van der Waals surface area contributed by atoms with Gasteiger partial charge in [0.25, 0.3) is 0 Å². The van der Waals surface area contributed by atoms with Gasteiger partial charge in [-0.25, -0.2) is 8.42 Å². The summed E-state index contributed by atoms with van der Waals surface area (Å²) in [5, 5.41) is 11.0. The molecule has 2 aliphatic rings. The highest BCUT2D eigenvalue weighted by atomic mass is 32.2. The minimum atomic E-state index is -3.84. The van der Waals surface area contributed by atoms with E-state index in [-0.39, 0.29) is 49.7 Å². The number of hydrogen-bond acceptors (Lipinski definition) is 8. The molecule has 1 aromatic carbocycles.